The van der Waals surface area contributed by atoms with Gasteiger partial charge in [0.15, 0.2) is 0 Å². The molecule has 166 valence electrons. The van der Waals surface area contributed by atoms with E-state index < -0.39 is 17.8 Å². The van der Waals surface area contributed by atoms with Crippen molar-refractivity contribution in [2.45, 2.75) is 6.18 Å². The van der Waals surface area contributed by atoms with Crippen LogP contribution >= 0.6 is 0 Å². The number of urea groups is 1. The number of alkyl halides is 3. The molecule has 0 saturated carbocycles. The predicted molar refractivity (Wildman–Crippen MR) is 117 cm³/mol. The lowest BCUT2D eigenvalue weighted by Gasteiger charge is -2.36. The van der Waals surface area contributed by atoms with Crippen LogP contribution in [0.1, 0.15) is 5.56 Å². The highest BCUT2D eigenvalue weighted by molar-refractivity contribution is 6.00. The van der Waals surface area contributed by atoms with E-state index in [2.05, 4.69) is 37.6 Å². The second-order valence-corrected chi connectivity index (χ2v) is 7.20. The molecule has 2 amide bonds. The third kappa shape index (κ3) is 5.08. The van der Waals surface area contributed by atoms with Gasteiger partial charge in [0.1, 0.15) is 0 Å². The van der Waals surface area contributed by atoms with Crippen LogP contribution in [0.25, 0.3) is 0 Å². The van der Waals surface area contributed by atoms with Crippen LogP contribution in [-0.2, 0) is 6.18 Å². The average molecular weight is 442 g/mol. The summed E-state index contributed by atoms with van der Waals surface area (Å²) in [5, 5.41) is 4.68. The largest absolute Gasteiger partial charge is 0.418 e. The predicted octanol–water partition coefficient (Wildman–Crippen LogP) is 4.47. The molecule has 2 N–H and O–H groups in total. The number of para-hydroxylation sites is 2. The van der Waals surface area contributed by atoms with Crippen molar-refractivity contribution in [2.75, 3.05) is 46.6 Å². The average Bonchev–Trinajstić information content (AvgIpc) is 2.80. The van der Waals surface area contributed by atoms with Gasteiger partial charge in [-0.3, -0.25) is 0 Å². The monoisotopic (exact) mass is 442 g/mol. The third-order valence-electron chi connectivity index (χ3n) is 5.06. The second kappa shape index (κ2) is 9.13. The topological polar surface area (TPSA) is 73.4 Å². The molecule has 32 heavy (non-hydrogen) atoms. The van der Waals surface area contributed by atoms with E-state index in [9.17, 15) is 18.0 Å². The van der Waals surface area contributed by atoms with Gasteiger partial charge in [0.2, 0.25) is 5.95 Å². The van der Waals surface area contributed by atoms with Crippen molar-refractivity contribution in [3.8, 4) is 0 Å². The molecule has 3 aromatic rings. The molecular formula is C22H21F3N6O. The van der Waals surface area contributed by atoms with Gasteiger partial charge in [0, 0.05) is 31.9 Å². The minimum absolute atomic E-state index is 0.277. The number of hydrogen-bond donors (Lipinski definition) is 2. The second-order valence-electron chi connectivity index (χ2n) is 7.20. The Labute approximate surface area is 182 Å². The maximum atomic E-state index is 13.1. The van der Waals surface area contributed by atoms with Crippen LogP contribution in [0, 0.1) is 0 Å². The molecule has 1 fully saturated rings. The molecule has 1 saturated heterocycles. The van der Waals surface area contributed by atoms with Gasteiger partial charge in [-0.2, -0.15) is 13.2 Å². The van der Waals surface area contributed by atoms with E-state index in [1.807, 2.05) is 23.1 Å². The summed E-state index contributed by atoms with van der Waals surface area (Å²) in [5.74, 6) is 0.533. The number of aromatic nitrogens is 2. The fraction of sp³-hybridized carbons (Fsp3) is 0.227. The van der Waals surface area contributed by atoms with Gasteiger partial charge in [0.05, 0.1) is 29.3 Å². The van der Waals surface area contributed by atoms with Crippen LogP contribution in [0.15, 0.2) is 67.0 Å². The summed E-state index contributed by atoms with van der Waals surface area (Å²) in [4.78, 5) is 25.1. The van der Waals surface area contributed by atoms with Crippen molar-refractivity contribution in [3.05, 3.63) is 72.6 Å². The number of nitrogens with one attached hydrogen (secondary N) is 2. The highest BCUT2D eigenvalue weighted by Gasteiger charge is 2.33. The zero-order chi connectivity index (χ0) is 22.6. The molecule has 4 rings (SSSR count). The standard InChI is InChI=1S/C22H21F3N6O/c23-22(24,25)18-8-4-5-9-19(18)29-21(32)28-16-14-26-20(27-15-16)31-12-10-30(11-13-31)17-6-2-1-3-7-17/h1-9,14-15H,10-13H2,(H2,28,29,32). The minimum Gasteiger partial charge on any atom is -0.368 e. The zero-order valence-corrected chi connectivity index (χ0v) is 17.0. The van der Waals surface area contributed by atoms with Crippen molar-refractivity contribution in [3.63, 3.8) is 0 Å². The van der Waals surface area contributed by atoms with E-state index in [0.717, 1.165) is 32.2 Å². The van der Waals surface area contributed by atoms with Gasteiger partial charge in [-0.1, -0.05) is 30.3 Å². The van der Waals surface area contributed by atoms with Gasteiger partial charge in [-0.25, -0.2) is 14.8 Å². The number of halogens is 3. The molecule has 1 aromatic heterocycles. The first-order valence-corrected chi connectivity index (χ1v) is 10.0. The quantitative estimate of drug-likeness (QED) is 0.624. The first-order chi connectivity index (χ1) is 15.4. The molecule has 0 spiro atoms. The van der Waals surface area contributed by atoms with Gasteiger partial charge in [-0.15, -0.1) is 0 Å². The van der Waals surface area contributed by atoms with Gasteiger partial charge in [0.25, 0.3) is 0 Å². The number of carbonyl (C=O) groups excluding carboxylic acids is 1. The Balaban J connectivity index is 1.33. The Morgan fingerprint density at radius 2 is 1.41 bits per heavy atom. The van der Waals surface area contributed by atoms with E-state index in [0.29, 0.717) is 5.95 Å². The lowest BCUT2D eigenvalue weighted by atomic mass is 10.1. The molecule has 2 heterocycles. The molecule has 1 aliphatic rings. The van der Waals surface area contributed by atoms with E-state index in [4.69, 9.17) is 0 Å². The molecule has 0 unspecified atom stereocenters. The maximum absolute atomic E-state index is 13.1. The third-order valence-corrected chi connectivity index (χ3v) is 5.06. The number of benzene rings is 2. The smallest absolute Gasteiger partial charge is 0.368 e. The maximum Gasteiger partial charge on any atom is 0.418 e. The summed E-state index contributed by atoms with van der Waals surface area (Å²) in [7, 11) is 0. The fourth-order valence-corrected chi connectivity index (χ4v) is 3.48. The first kappa shape index (κ1) is 21.4. The lowest BCUT2D eigenvalue weighted by Crippen LogP contribution is -2.47. The van der Waals surface area contributed by atoms with Crippen LogP contribution in [0.3, 0.4) is 0 Å². The Bertz CT molecular complexity index is 1050. The van der Waals surface area contributed by atoms with Crippen LogP contribution in [-0.4, -0.2) is 42.2 Å². The molecule has 0 radical (unpaired) electrons. The Kier molecular flexibility index (Phi) is 6.11. The molecule has 2 aromatic carbocycles. The number of anilines is 4. The molecule has 0 atom stereocenters. The van der Waals surface area contributed by atoms with E-state index in [-0.39, 0.29) is 11.4 Å². The van der Waals surface area contributed by atoms with Crippen molar-refractivity contribution < 1.29 is 18.0 Å². The van der Waals surface area contributed by atoms with Gasteiger partial charge in [-0.05, 0) is 24.3 Å². The molecule has 7 nitrogen and oxygen atoms in total. The highest BCUT2D eigenvalue weighted by atomic mass is 19.4. The molecule has 1 aliphatic heterocycles. The number of carbonyl (C=O) groups is 1. The lowest BCUT2D eigenvalue weighted by molar-refractivity contribution is -0.136. The number of nitrogens with zero attached hydrogens (tertiary/aromatic N) is 4. The number of hydrogen-bond acceptors (Lipinski definition) is 5. The van der Waals surface area contributed by atoms with Crippen LogP contribution in [0.5, 0.6) is 0 Å². The Morgan fingerprint density at radius 3 is 2.06 bits per heavy atom. The van der Waals surface area contributed by atoms with Gasteiger partial charge < -0.3 is 20.4 Å². The van der Waals surface area contributed by atoms with Gasteiger partial charge >= 0.3 is 12.2 Å². The molecule has 10 heteroatoms. The zero-order valence-electron chi connectivity index (χ0n) is 17.0. The number of piperazine rings is 1. The minimum atomic E-state index is -4.57. The van der Waals surface area contributed by atoms with Crippen molar-refractivity contribution in [1.29, 1.82) is 0 Å². The van der Waals surface area contributed by atoms with E-state index in [1.165, 1.54) is 36.3 Å². The van der Waals surface area contributed by atoms with Crippen molar-refractivity contribution in [2.24, 2.45) is 0 Å². The number of amides is 2. The van der Waals surface area contributed by atoms with Crippen molar-refractivity contribution in [1.82, 2.24) is 9.97 Å². The fourth-order valence-electron chi connectivity index (χ4n) is 3.48. The summed E-state index contributed by atoms with van der Waals surface area (Å²) in [6.07, 6.45) is -1.71. The highest BCUT2D eigenvalue weighted by Crippen LogP contribution is 2.34. The summed E-state index contributed by atoms with van der Waals surface area (Å²) >= 11 is 0. The summed E-state index contributed by atoms with van der Waals surface area (Å²) < 4.78 is 39.2. The van der Waals surface area contributed by atoms with E-state index in [1.54, 1.807) is 0 Å². The van der Waals surface area contributed by atoms with Crippen LogP contribution in [0.4, 0.5) is 41.0 Å². The summed E-state index contributed by atoms with van der Waals surface area (Å²) in [6, 6.07) is 14.1. The van der Waals surface area contributed by atoms with Crippen LogP contribution < -0.4 is 20.4 Å². The van der Waals surface area contributed by atoms with Crippen LogP contribution in [0.2, 0.25) is 0 Å². The molecule has 0 bridgehead atoms. The number of rotatable bonds is 4. The van der Waals surface area contributed by atoms with E-state index >= 15 is 0 Å². The Morgan fingerprint density at radius 1 is 0.812 bits per heavy atom. The molecular weight excluding hydrogens is 421 g/mol. The SMILES string of the molecule is O=C(Nc1cnc(N2CCN(c3ccccc3)CC2)nc1)Nc1ccccc1C(F)(F)F. The van der Waals surface area contributed by atoms with Crippen molar-refractivity contribution >= 4 is 29.0 Å². The summed E-state index contributed by atoms with van der Waals surface area (Å²) in [5.41, 5.74) is 0.201. The normalized spacial score (nSPS) is 14.2. The molecule has 0 aliphatic carbocycles. The summed E-state index contributed by atoms with van der Waals surface area (Å²) in [6.45, 7) is 3.15. The Hall–Kier alpha value is -3.82. The first-order valence-electron chi connectivity index (χ1n) is 10.0.